The second-order valence-corrected chi connectivity index (χ2v) is 17.2. The van der Waals surface area contributed by atoms with Crippen molar-refractivity contribution in [3.63, 3.8) is 0 Å². The molecular weight excluding hydrogens is 734 g/mol. The van der Waals surface area contributed by atoms with Gasteiger partial charge in [0.15, 0.2) is 0 Å². The maximum Gasteiger partial charge on any atom is 0.339 e. The topological polar surface area (TPSA) is 35.5 Å². The highest BCUT2D eigenvalue weighted by Gasteiger charge is 2.59. The number of hydrogen-bond donors (Lipinski definition) is 0. The van der Waals surface area contributed by atoms with Crippen LogP contribution in [0.1, 0.15) is 116 Å². The van der Waals surface area contributed by atoms with Crippen molar-refractivity contribution in [1.82, 2.24) is 0 Å². The normalized spacial score (nSPS) is 35.3. The molecule has 4 aliphatic carbocycles. The number of carbonyl (C=O) groups is 1. The number of ether oxygens (including phenoxy) is 2. The molecule has 5 heteroatoms. The van der Waals surface area contributed by atoms with E-state index in [0.29, 0.717) is 29.6 Å². The van der Waals surface area contributed by atoms with Crippen LogP contribution < -0.4 is 0 Å². The van der Waals surface area contributed by atoms with Gasteiger partial charge in [-0.25, -0.2) is 4.79 Å². The standard InChI is InChI=1S/C36H52I2O3/c1-23(2)7-6-8-24(3)30-12-13-31-28-11-9-25-21-27(15-17-35(25,4)32(28)16-18-36(30,31)5)40-19-20-41-34(39)29-22-26(37)10-14-33(29)38/h9-10,14,22-24,27-28,30-32H,6-8,11-13,15-21H2,1-5H3/t24-,27?,28+,30-,31+,32+,35+,36-/m1/s1. The molecule has 8 atom stereocenters. The van der Waals surface area contributed by atoms with Crippen molar-refractivity contribution >= 4 is 51.2 Å². The molecule has 0 aromatic heterocycles. The number of allylic oxidation sites excluding steroid dienone is 1. The van der Waals surface area contributed by atoms with Gasteiger partial charge >= 0.3 is 5.97 Å². The first-order valence-corrected chi connectivity index (χ1v) is 18.6. The van der Waals surface area contributed by atoms with Crippen LogP contribution >= 0.6 is 45.2 Å². The highest BCUT2D eigenvalue weighted by Crippen LogP contribution is 2.67. The van der Waals surface area contributed by atoms with Crippen LogP contribution in [0.15, 0.2) is 29.8 Å². The second kappa shape index (κ2) is 13.5. The Bertz CT molecular complexity index is 1110. The van der Waals surface area contributed by atoms with Gasteiger partial charge in [0.2, 0.25) is 0 Å². The third-order valence-electron chi connectivity index (χ3n) is 12.1. The van der Waals surface area contributed by atoms with Crippen LogP contribution in [0.2, 0.25) is 0 Å². The Balaban J connectivity index is 1.14. The van der Waals surface area contributed by atoms with E-state index in [1.807, 2.05) is 18.2 Å². The monoisotopic (exact) mass is 786 g/mol. The van der Waals surface area contributed by atoms with Gasteiger partial charge in [0, 0.05) is 7.14 Å². The highest BCUT2D eigenvalue weighted by atomic mass is 127. The average Bonchev–Trinajstić information content (AvgIpc) is 3.29. The Morgan fingerprint density at radius 3 is 2.59 bits per heavy atom. The van der Waals surface area contributed by atoms with Crippen LogP contribution in [-0.4, -0.2) is 25.3 Å². The minimum absolute atomic E-state index is 0.249. The molecule has 0 saturated heterocycles. The molecule has 0 heterocycles. The lowest BCUT2D eigenvalue weighted by molar-refractivity contribution is -0.0664. The fourth-order valence-electron chi connectivity index (χ4n) is 9.88. The molecule has 3 saturated carbocycles. The predicted molar refractivity (Wildman–Crippen MR) is 185 cm³/mol. The molecule has 1 unspecified atom stereocenters. The number of benzene rings is 1. The van der Waals surface area contributed by atoms with Gasteiger partial charge in [0.05, 0.1) is 18.3 Å². The summed E-state index contributed by atoms with van der Waals surface area (Å²) in [7, 11) is 0. The SMILES string of the molecule is CC(C)CCC[C@@H](C)[C@H]1CC[C@H]2[C@@H]3CC=C4CC(OCCOC(=O)c5cc(I)ccc5I)CC[C@]4(C)[C@H]3CC[C@]12C. The summed E-state index contributed by atoms with van der Waals surface area (Å²) in [6, 6.07) is 5.86. The second-order valence-electron chi connectivity index (χ2n) is 14.8. The first-order valence-electron chi connectivity index (χ1n) is 16.5. The van der Waals surface area contributed by atoms with Crippen molar-refractivity contribution in [2.24, 2.45) is 46.3 Å². The first-order chi connectivity index (χ1) is 19.5. The van der Waals surface area contributed by atoms with Gasteiger partial charge in [0.1, 0.15) is 6.61 Å². The van der Waals surface area contributed by atoms with Crippen LogP contribution in [0, 0.1) is 53.5 Å². The van der Waals surface area contributed by atoms with Gasteiger partial charge in [-0.05, 0) is 161 Å². The van der Waals surface area contributed by atoms with E-state index < -0.39 is 0 Å². The summed E-state index contributed by atoms with van der Waals surface area (Å²) in [6.07, 6.45) is 17.6. The number of rotatable bonds is 10. The van der Waals surface area contributed by atoms with Crippen molar-refractivity contribution in [2.45, 2.75) is 111 Å². The summed E-state index contributed by atoms with van der Waals surface area (Å²) >= 11 is 4.43. The largest absolute Gasteiger partial charge is 0.460 e. The first kappa shape index (κ1) is 32.2. The maximum absolute atomic E-state index is 12.6. The minimum Gasteiger partial charge on any atom is -0.460 e. The van der Waals surface area contributed by atoms with Crippen molar-refractivity contribution in [3.05, 3.63) is 42.6 Å². The van der Waals surface area contributed by atoms with Crippen molar-refractivity contribution in [2.75, 3.05) is 13.2 Å². The molecule has 0 radical (unpaired) electrons. The van der Waals surface area contributed by atoms with Crippen LogP contribution in [0.5, 0.6) is 0 Å². The van der Waals surface area contributed by atoms with Gasteiger partial charge in [-0.3, -0.25) is 0 Å². The van der Waals surface area contributed by atoms with E-state index in [1.165, 1.54) is 57.8 Å². The third kappa shape index (κ3) is 6.77. The number of esters is 1. The lowest BCUT2D eigenvalue weighted by Crippen LogP contribution is -2.51. The summed E-state index contributed by atoms with van der Waals surface area (Å²) in [6.45, 7) is 13.4. The number of carbonyl (C=O) groups excluding carboxylic acids is 1. The zero-order chi connectivity index (χ0) is 29.4. The smallest absolute Gasteiger partial charge is 0.339 e. The van der Waals surface area contributed by atoms with Gasteiger partial charge in [-0.2, -0.15) is 0 Å². The van der Waals surface area contributed by atoms with Gasteiger partial charge < -0.3 is 9.47 Å². The Morgan fingerprint density at radius 2 is 1.80 bits per heavy atom. The summed E-state index contributed by atoms with van der Waals surface area (Å²) in [5, 5.41) is 0. The summed E-state index contributed by atoms with van der Waals surface area (Å²) in [4.78, 5) is 12.6. The van der Waals surface area contributed by atoms with E-state index in [9.17, 15) is 4.79 Å². The molecule has 3 nitrogen and oxygen atoms in total. The molecule has 1 aromatic carbocycles. The Hall–Kier alpha value is -0.150. The zero-order valence-electron chi connectivity index (χ0n) is 26.0. The molecular formula is C36H52I2O3. The Labute approximate surface area is 277 Å². The number of hydrogen-bond acceptors (Lipinski definition) is 3. The molecule has 1 aromatic rings. The third-order valence-corrected chi connectivity index (χ3v) is 13.7. The molecule has 4 aliphatic rings. The van der Waals surface area contributed by atoms with Gasteiger partial charge in [-0.15, -0.1) is 0 Å². The summed E-state index contributed by atoms with van der Waals surface area (Å²) < 4.78 is 13.8. The lowest BCUT2D eigenvalue weighted by Gasteiger charge is -2.58. The van der Waals surface area contributed by atoms with E-state index in [0.717, 1.165) is 55.5 Å². The maximum atomic E-state index is 12.6. The fraction of sp³-hybridized carbons (Fsp3) is 0.750. The molecule has 0 N–H and O–H groups in total. The van der Waals surface area contributed by atoms with E-state index in [1.54, 1.807) is 5.57 Å². The lowest BCUT2D eigenvalue weighted by atomic mass is 9.47. The quantitative estimate of drug-likeness (QED) is 0.103. The molecule has 0 spiro atoms. The number of halogens is 2. The Morgan fingerprint density at radius 1 is 1.00 bits per heavy atom. The van der Waals surface area contributed by atoms with Crippen molar-refractivity contribution in [1.29, 1.82) is 0 Å². The van der Waals surface area contributed by atoms with Crippen LogP contribution in [-0.2, 0) is 9.47 Å². The summed E-state index contributed by atoms with van der Waals surface area (Å²) in [5.74, 6) is 5.00. The molecule has 41 heavy (non-hydrogen) atoms. The van der Waals surface area contributed by atoms with Crippen molar-refractivity contribution < 1.29 is 14.3 Å². The zero-order valence-corrected chi connectivity index (χ0v) is 30.3. The average molecular weight is 787 g/mol. The van der Waals surface area contributed by atoms with Crippen LogP contribution in [0.25, 0.3) is 0 Å². The predicted octanol–water partition coefficient (Wildman–Crippen LogP) is 10.5. The van der Waals surface area contributed by atoms with E-state index in [4.69, 9.17) is 9.47 Å². The van der Waals surface area contributed by atoms with E-state index in [2.05, 4.69) is 85.9 Å². The fourth-order valence-corrected chi connectivity index (χ4v) is 10.9. The Kier molecular flexibility index (Phi) is 10.6. The van der Waals surface area contributed by atoms with Crippen LogP contribution in [0.4, 0.5) is 0 Å². The highest BCUT2D eigenvalue weighted by molar-refractivity contribution is 14.1. The molecule has 5 rings (SSSR count). The molecule has 0 bridgehead atoms. The van der Waals surface area contributed by atoms with Crippen molar-refractivity contribution in [3.8, 4) is 0 Å². The molecule has 228 valence electrons. The van der Waals surface area contributed by atoms with E-state index >= 15 is 0 Å². The molecule has 0 amide bonds. The van der Waals surface area contributed by atoms with Crippen LogP contribution in [0.3, 0.4) is 0 Å². The van der Waals surface area contributed by atoms with Gasteiger partial charge in [0.25, 0.3) is 0 Å². The number of fused-ring (bicyclic) bond motifs is 5. The minimum atomic E-state index is -0.253. The molecule has 0 aliphatic heterocycles. The summed E-state index contributed by atoms with van der Waals surface area (Å²) in [5.41, 5.74) is 3.21. The van der Waals surface area contributed by atoms with E-state index in [-0.39, 0.29) is 12.1 Å². The van der Waals surface area contributed by atoms with Gasteiger partial charge in [-0.1, -0.05) is 65.5 Å². The molecule has 3 fully saturated rings.